The zero-order valence-electron chi connectivity index (χ0n) is 13.8. The van der Waals surface area contributed by atoms with Crippen molar-refractivity contribution < 1.29 is 0 Å². The first kappa shape index (κ1) is 15.8. The summed E-state index contributed by atoms with van der Waals surface area (Å²) in [6.45, 7) is 23.6. The molecule has 0 nitrogen and oxygen atoms in total. The van der Waals surface area contributed by atoms with Gasteiger partial charge in [0.05, 0.1) is 0 Å². The molecule has 1 saturated carbocycles. The van der Waals surface area contributed by atoms with Crippen LogP contribution in [0.25, 0.3) is 0 Å². The first-order valence-corrected chi connectivity index (χ1v) is 7.85. The Balaban J connectivity index is 3.07. The van der Waals surface area contributed by atoms with Crippen molar-refractivity contribution in [2.45, 2.75) is 55.4 Å². The van der Waals surface area contributed by atoms with Gasteiger partial charge in [0.2, 0.25) is 0 Å². The van der Waals surface area contributed by atoms with E-state index >= 15 is 0 Å². The summed E-state index contributed by atoms with van der Waals surface area (Å²) in [6.07, 6.45) is 0. The number of hydrogen-bond donors (Lipinski definition) is 0. The lowest BCUT2D eigenvalue weighted by Gasteiger charge is -2.51. The standard InChI is InChI=1S/C18H34/c1-10(2)17(11(3)4)18-15(8)13(6)12(5)14(7)16(18)9/h11-18H,1H2,2-9H3. The van der Waals surface area contributed by atoms with Gasteiger partial charge in [-0.15, -0.1) is 0 Å². The molecule has 18 heavy (non-hydrogen) atoms. The first-order valence-electron chi connectivity index (χ1n) is 7.85. The van der Waals surface area contributed by atoms with Crippen molar-refractivity contribution in [2.24, 2.45) is 47.3 Å². The molecule has 0 saturated heterocycles. The highest BCUT2D eigenvalue weighted by molar-refractivity contribution is 5.05. The largest absolute Gasteiger partial charge is 0.0998 e. The molecule has 1 aliphatic rings. The van der Waals surface area contributed by atoms with Crippen LogP contribution in [0.1, 0.15) is 55.4 Å². The Kier molecular flexibility index (Phi) is 5.09. The van der Waals surface area contributed by atoms with E-state index in [4.69, 9.17) is 0 Å². The third-order valence-electron chi connectivity index (χ3n) is 6.23. The van der Waals surface area contributed by atoms with E-state index in [2.05, 4.69) is 62.0 Å². The Morgan fingerprint density at radius 2 is 1.11 bits per heavy atom. The Bertz CT molecular complexity index is 272. The van der Waals surface area contributed by atoms with Crippen molar-refractivity contribution in [2.75, 3.05) is 0 Å². The van der Waals surface area contributed by atoms with Gasteiger partial charge in [-0.3, -0.25) is 0 Å². The average molecular weight is 250 g/mol. The maximum absolute atomic E-state index is 4.29. The molecule has 5 unspecified atom stereocenters. The molecule has 0 aromatic carbocycles. The summed E-state index contributed by atoms with van der Waals surface area (Å²) >= 11 is 0. The van der Waals surface area contributed by atoms with E-state index in [9.17, 15) is 0 Å². The quantitative estimate of drug-likeness (QED) is 0.568. The molecule has 0 heteroatoms. The van der Waals surface area contributed by atoms with E-state index in [0.717, 1.165) is 35.5 Å². The van der Waals surface area contributed by atoms with Gasteiger partial charge in [0.15, 0.2) is 0 Å². The maximum Gasteiger partial charge on any atom is -0.0152 e. The zero-order chi connectivity index (χ0) is 14.2. The van der Waals surface area contributed by atoms with Crippen LogP contribution in [0.15, 0.2) is 12.2 Å². The SMILES string of the molecule is C=C(C)C(C(C)C)C1C(C)C(C)C(C)C(C)C1C. The summed E-state index contributed by atoms with van der Waals surface area (Å²) in [5.74, 6) is 6.36. The molecule has 5 atom stereocenters. The van der Waals surface area contributed by atoms with Crippen LogP contribution < -0.4 is 0 Å². The van der Waals surface area contributed by atoms with Gasteiger partial charge in [0, 0.05) is 0 Å². The Labute approximate surface area is 115 Å². The van der Waals surface area contributed by atoms with E-state index in [1.165, 1.54) is 5.57 Å². The molecule has 0 radical (unpaired) electrons. The molecule has 0 bridgehead atoms. The maximum atomic E-state index is 4.29. The molecular weight excluding hydrogens is 216 g/mol. The normalized spacial score (nSPS) is 42.9. The fourth-order valence-corrected chi connectivity index (χ4v) is 4.61. The van der Waals surface area contributed by atoms with Gasteiger partial charge in [-0.1, -0.05) is 60.6 Å². The van der Waals surface area contributed by atoms with Crippen molar-refractivity contribution in [1.82, 2.24) is 0 Å². The van der Waals surface area contributed by atoms with Gasteiger partial charge in [-0.2, -0.15) is 0 Å². The van der Waals surface area contributed by atoms with Crippen molar-refractivity contribution >= 4 is 0 Å². The van der Waals surface area contributed by atoms with E-state index in [1.807, 2.05) is 0 Å². The molecule has 0 amide bonds. The molecule has 0 spiro atoms. The third-order valence-corrected chi connectivity index (χ3v) is 6.23. The van der Waals surface area contributed by atoms with Crippen LogP contribution in [0.2, 0.25) is 0 Å². The second-order valence-corrected chi connectivity index (χ2v) is 7.49. The van der Waals surface area contributed by atoms with E-state index in [-0.39, 0.29) is 0 Å². The molecular formula is C18H34. The van der Waals surface area contributed by atoms with Crippen LogP contribution in [-0.2, 0) is 0 Å². The van der Waals surface area contributed by atoms with Crippen LogP contribution in [-0.4, -0.2) is 0 Å². The van der Waals surface area contributed by atoms with Crippen LogP contribution in [0.4, 0.5) is 0 Å². The minimum absolute atomic E-state index is 0.687. The summed E-state index contributed by atoms with van der Waals surface area (Å²) in [7, 11) is 0. The van der Waals surface area contributed by atoms with Gasteiger partial charge >= 0.3 is 0 Å². The van der Waals surface area contributed by atoms with Crippen LogP contribution >= 0.6 is 0 Å². The highest BCUT2D eigenvalue weighted by atomic mass is 14.5. The first-order chi connectivity index (χ1) is 8.20. The van der Waals surface area contributed by atoms with Crippen molar-refractivity contribution in [1.29, 1.82) is 0 Å². The second-order valence-electron chi connectivity index (χ2n) is 7.49. The van der Waals surface area contributed by atoms with Gasteiger partial charge in [0.25, 0.3) is 0 Å². The molecule has 106 valence electrons. The topological polar surface area (TPSA) is 0 Å². The predicted molar refractivity (Wildman–Crippen MR) is 82.5 cm³/mol. The highest BCUT2D eigenvalue weighted by Gasteiger charge is 2.44. The fourth-order valence-electron chi connectivity index (χ4n) is 4.61. The van der Waals surface area contributed by atoms with E-state index < -0.39 is 0 Å². The van der Waals surface area contributed by atoms with Gasteiger partial charge in [-0.05, 0) is 54.3 Å². The lowest BCUT2D eigenvalue weighted by molar-refractivity contribution is -0.0133. The van der Waals surface area contributed by atoms with Crippen molar-refractivity contribution in [3.05, 3.63) is 12.2 Å². The Hall–Kier alpha value is -0.260. The molecule has 0 aromatic heterocycles. The number of allylic oxidation sites excluding steroid dienone is 1. The average Bonchev–Trinajstić information content (AvgIpc) is 2.28. The van der Waals surface area contributed by atoms with Gasteiger partial charge < -0.3 is 0 Å². The summed E-state index contributed by atoms with van der Waals surface area (Å²) in [5.41, 5.74) is 1.39. The molecule has 0 heterocycles. The Morgan fingerprint density at radius 1 is 0.778 bits per heavy atom. The summed E-state index contributed by atoms with van der Waals surface area (Å²) in [5, 5.41) is 0. The van der Waals surface area contributed by atoms with Gasteiger partial charge in [-0.25, -0.2) is 0 Å². The monoisotopic (exact) mass is 250 g/mol. The minimum atomic E-state index is 0.687. The van der Waals surface area contributed by atoms with Gasteiger partial charge in [0.1, 0.15) is 0 Å². The van der Waals surface area contributed by atoms with E-state index in [0.29, 0.717) is 11.8 Å². The predicted octanol–water partition coefficient (Wildman–Crippen LogP) is 5.65. The van der Waals surface area contributed by atoms with Crippen LogP contribution in [0.5, 0.6) is 0 Å². The molecule has 1 fully saturated rings. The Morgan fingerprint density at radius 3 is 1.39 bits per heavy atom. The molecule has 0 aliphatic heterocycles. The van der Waals surface area contributed by atoms with Crippen LogP contribution in [0, 0.1) is 47.3 Å². The lowest BCUT2D eigenvalue weighted by atomic mass is 9.54. The third kappa shape index (κ3) is 2.68. The summed E-state index contributed by atoms with van der Waals surface area (Å²) in [6, 6.07) is 0. The zero-order valence-corrected chi connectivity index (χ0v) is 13.8. The minimum Gasteiger partial charge on any atom is -0.0998 e. The molecule has 1 rings (SSSR count). The second kappa shape index (κ2) is 5.80. The number of rotatable bonds is 3. The van der Waals surface area contributed by atoms with Crippen molar-refractivity contribution in [3.8, 4) is 0 Å². The smallest absolute Gasteiger partial charge is 0.0152 e. The molecule has 0 N–H and O–H groups in total. The lowest BCUT2D eigenvalue weighted by Crippen LogP contribution is -2.45. The molecule has 1 aliphatic carbocycles. The summed E-state index contributed by atoms with van der Waals surface area (Å²) in [4.78, 5) is 0. The van der Waals surface area contributed by atoms with Crippen LogP contribution in [0.3, 0.4) is 0 Å². The molecule has 0 aromatic rings. The highest BCUT2D eigenvalue weighted by Crippen LogP contribution is 2.50. The van der Waals surface area contributed by atoms with E-state index in [1.54, 1.807) is 0 Å². The number of hydrogen-bond acceptors (Lipinski definition) is 0. The fraction of sp³-hybridized carbons (Fsp3) is 0.889. The van der Waals surface area contributed by atoms with Crippen molar-refractivity contribution in [3.63, 3.8) is 0 Å². The summed E-state index contributed by atoms with van der Waals surface area (Å²) < 4.78 is 0.